The van der Waals surface area contributed by atoms with E-state index in [1.54, 1.807) is 25.3 Å². The first-order valence-electron chi connectivity index (χ1n) is 9.89. The van der Waals surface area contributed by atoms with Crippen LogP contribution in [0, 0.1) is 23.0 Å². The molecule has 0 amide bonds. The maximum atomic E-state index is 14.9. The Labute approximate surface area is 161 Å². The van der Waals surface area contributed by atoms with E-state index >= 15 is 0 Å². The van der Waals surface area contributed by atoms with Gasteiger partial charge in [0.25, 0.3) is 0 Å². The zero-order valence-electron chi connectivity index (χ0n) is 17.0. The molecule has 27 heavy (non-hydrogen) atoms. The molecule has 0 aromatic heterocycles. The number of hydrogen-bond donors (Lipinski definition) is 0. The van der Waals surface area contributed by atoms with Gasteiger partial charge in [0.1, 0.15) is 17.4 Å². The number of rotatable bonds is 5. The molecule has 0 spiro atoms. The lowest BCUT2D eigenvalue weighted by Crippen LogP contribution is -2.17. The smallest absolute Gasteiger partial charge is 0.131 e. The van der Waals surface area contributed by atoms with Crippen molar-refractivity contribution in [3.63, 3.8) is 0 Å². The van der Waals surface area contributed by atoms with Gasteiger partial charge in [0.15, 0.2) is 0 Å². The van der Waals surface area contributed by atoms with Crippen molar-refractivity contribution in [1.82, 2.24) is 0 Å². The van der Waals surface area contributed by atoms with Crippen molar-refractivity contribution < 1.29 is 13.5 Å². The van der Waals surface area contributed by atoms with Crippen LogP contribution in [0.4, 0.5) is 8.78 Å². The van der Waals surface area contributed by atoms with Gasteiger partial charge in [-0.3, -0.25) is 0 Å². The molecule has 0 unspecified atom stereocenters. The first-order chi connectivity index (χ1) is 12.7. The normalized spacial score (nSPS) is 18.9. The molecule has 1 fully saturated rings. The molecule has 0 saturated heterocycles. The minimum absolute atomic E-state index is 0.122. The highest BCUT2D eigenvalue weighted by Gasteiger charge is 2.37. The van der Waals surface area contributed by atoms with Crippen LogP contribution in [-0.2, 0) is 6.42 Å². The maximum absolute atomic E-state index is 14.9. The largest absolute Gasteiger partial charge is 0.497 e. The van der Waals surface area contributed by atoms with E-state index < -0.39 is 0 Å². The highest BCUT2D eigenvalue weighted by molar-refractivity contribution is 5.71. The number of hydrogen-bond acceptors (Lipinski definition) is 1. The lowest BCUT2D eigenvalue weighted by atomic mass is 9.74. The van der Waals surface area contributed by atoms with Crippen LogP contribution < -0.4 is 4.74 Å². The van der Waals surface area contributed by atoms with Crippen molar-refractivity contribution in [2.24, 2.45) is 11.3 Å². The van der Waals surface area contributed by atoms with Crippen LogP contribution in [0.25, 0.3) is 11.1 Å². The van der Waals surface area contributed by atoms with Crippen LogP contribution in [0.1, 0.15) is 64.0 Å². The zero-order chi connectivity index (χ0) is 19.8. The van der Waals surface area contributed by atoms with Gasteiger partial charge >= 0.3 is 0 Å². The molecule has 2 aromatic rings. The summed E-state index contributed by atoms with van der Waals surface area (Å²) in [6.45, 7) is 8.71. The summed E-state index contributed by atoms with van der Waals surface area (Å²) in [5, 5.41) is 0. The van der Waals surface area contributed by atoms with Crippen molar-refractivity contribution in [3.8, 4) is 16.9 Å². The van der Waals surface area contributed by atoms with E-state index in [4.69, 9.17) is 4.74 Å². The summed E-state index contributed by atoms with van der Waals surface area (Å²) in [7, 11) is 1.56. The van der Waals surface area contributed by atoms with Crippen molar-refractivity contribution in [2.45, 2.75) is 59.3 Å². The van der Waals surface area contributed by atoms with E-state index in [1.807, 2.05) is 6.07 Å². The molecular weight excluding hydrogens is 342 g/mol. The molecule has 0 bridgehead atoms. The van der Waals surface area contributed by atoms with Gasteiger partial charge in [-0.05, 0) is 77.5 Å². The number of benzene rings is 2. The molecule has 3 heteroatoms. The SMILES string of the molecule is COc1ccc(F)c(-c2cc(F)c(CC(C)C)cc2[C@H]2CCCC2(C)C)c1. The Morgan fingerprint density at radius 1 is 1.07 bits per heavy atom. The highest BCUT2D eigenvalue weighted by Crippen LogP contribution is 2.51. The standard InChI is InChI=1S/C24H30F2O/c1-15(2)11-16-12-19(21-7-6-10-24(21,3)4)18(14-23(16)26)20-13-17(27-5)8-9-22(20)25/h8-9,12-15,21H,6-7,10-11H2,1-5H3/t21-/m1/s1. The second-order valence-electron chi connectivity index (χ2n) is 8.91. The summed E-state index contributed by atoms with van der Waals surface area (Å²) in [6, 6.07) is 8.22. The molecule has 3 rings (SSSR count). The van der Waals surface area contributed by atoms with Crippen LogP contribution in [0.2, 0.25) is 0 Å². The Morgan fingerprint density at radius 3 is 2.41 bits per heavy atom. The van der Waals surface area contributed by atoms with Gasteiger partial charge in [-0.1, -0.05) is 40.2 Å². The quantitative estimate of drug-likeness (QED) is 0.542. The molecule has 1 aliphatic carbocycles. The third kappa shape index (κ3) is 4.02. The van der Waals surface area contributed by atoms with Crippen LogP contribution in [0.15, 0.2) is 30.3 Å². The third-order valence-corrected chi connectivity index (χ3v) is 5.94. The molecule has 0 radical (unpaired) electrons. The second kappa shape index (κ2) is 7.61. The Balaban J connectivity index is 2.22. The van der Waals surface area contributed by atoms with Gasteiger partial charge in [0.2, 0.25) is 0 Å². The lowest BCUT2D eigenvalue weighted by molar-refractivity contribution is 0.332. The van der Waals surface area contributed by atoms with E-state index in [9.17, 15) is 8.78 Å². The van der Waals surface area contributed by atoms with Gasteiger partial charge in [-0.15, -0.1) is 0 Å². The first kappa shape index (κ1) is 19.9. The van der Waals surface area contributed by atoms with E-state index in [1.165, 1.54) is 6.07 Å². The van der Waals surface area contributed by atoms with Crippen molar-refractivity contribution in [1.29, 1.82) is 0 Å². The molecule has 1 nitrogen and oxygen atoms in total. The molecule has 2 aromatic carbocycles. The van der Waals surface area contributed by atoms with E-state index in [0.29, 0.717) is 35.1 Å². The molecular formula is C24H30F2O. The lowest BCUT2D eigenvalue weighted by Gasteiger charge is -2.30. The van der Waals surface area contributed by atoms with Crippen molar-refractivity contribution in [3.05, 3.63) is 53.1 Å². The second-order valence-corrected chi connectivity index (χ2v) is 8.91. The fourth-order valence-corrected chi connectivity index (χ4v) is 4.50. The van der Waals surface area contributed by atoms with Crippen LogP contribution in [0.3, 0.4) is 0 Å². The van der Waals surface area contributed by atoms with Crippen LogP contribution in [0.5, 0.6) is 5.75 Å². The summed E-state index contributed by atoms with van der Waals surface area (Å²) in [5.41, 5.74) is 3.01. The number of methoxy groups -OCH3 is 1. The summed E-state index contributed by atoms with van der Waals surface area (Å²) in [4.78, 5) is 0. The van der Waals surface area contributed by atoms with Gasteiger partial charge in [-0.2, -0.15) is 0 Å². The summed E-state index contributed by atoms with van der Waals surface area (Å²) in [6.07, 6.45) is 4.02. The van der Waals surface area contributed by atoms with E-state index in [-0.39, 0.29) is 17.0 Å². The summed E-state index contributed by atoms with van der Waals surface area (Å²) in [5.74, 6) is 0.645. The minimum atomic E-state index is -0.344. The summed E-state index contributed by atoms with van der Waals surface area (Å²) < 4.78 is 34.9. The van der Waals surface area contributed by atoms with Gasteiger partial charge in [0, 0.05) is 5.56 Å². The fraction of sp³-hybridized carbons (Fsp3) is 0.500. The molecule has 1 aliphatic rings. The van der Waals surface area contributed by atoms with Gasteiger partial charge in [0.05, 0.1) is 7.11 Å². The van der Waals surface area contributed by atoms with Crippen molar-refractivity contribution in [2.75, 3.05) is 7.11 Å². The third-order valence-electron chi connectivity index (χ3n) is 5.94. The Kier molecular flexibility index (Phi) is 5.60. The van der Waals surface area contributed by atoms with E-state index in [2.05, 4.69) is 27.7 Å². The topological polar surface area (TPSA) is 9.23 Å². The van der Waals surface area contributed by atoms with Gasteiger partial charge < -0.3 is 4.74 Å². The molecule has 1 atom stereocenters. The fourth-order valence-electron chi connectivity index (χ4n) is 4.50. The molecule has 0 aliphatic heterocycles. The molecule has 1 saturated carbocycles. The first-order valence-corrected chi connectivity index (χ1v) is 9.89. The molecule has 0 N–H and O–H groups in total. The Hall–Kier alpha value is -1.90. The summed E-state index contributed by atoms with van der Waals surface area (Å²) >= 11 is 0. The van der Waals surface area contributed by atoms with Crippen molar-refractivity contribution >= 4 is 0 Å². The monoisotopic (exact) mass is 372 g/mol. The predicted molar refractivity (Wildman–Crippen MR) is 107 cm³/mol. The van der Waals surface area contributed by atoms with Crippen LogP contribution in [-0.4, -0.2) is 7.11 Å². The van der Waals surface area contributed by atoms with E-state index in [0.717, 1.165) is 30.4 Å². The number of halogens is 2. The highest BCUT2D eigenvalue weighted by atomic mass is 19.1. The maximum Gasteiger partial charge on any atom is 0.131 e. The molecule has 146 valence electrons. The van der Waals surface area contributed by atoms with Gasteiger partial charge in [-0.25, -0.2) is 8.78 Å². The Morgan fingerprint density at radius 2 is 1.81 bits per heavy atom. The average Bonchev–Trinajstić information content (AvgIpc) is 2.95. The van der Waals surface area contributed by atoms with Crippen LogP contribution >= 0.6 is 0 Å². The minimum Gasteiger partial charge on any atom is -0.497 e. The predicted octanol–water partition coefficient (Wildman–Crippen LogP) is 7.13. The Bertz CT molecular complexity index is 823. The average molecular weight is 372 g/mol. The zero-order valence-corrected chi connectivity index (χ0v) is 17.0. The molecule has 0 heterocycles. The number of ether oxygens (including phenoxy) is 1.